The Labute approximate surface area is 156 Å². The number of nitrogens with zero attached hydrogens (tertiary/aromatic N) is 5. The van der Waals surface area contributed by atoms with E-state index in [0.29, 0.717) is 17.4 Å². The first kappa shape index (κ1) is 16.2. The van der Waals surface area contributed by atoms with Crippen LogP contribution in [0.25, 0.3) is 22.5 Å². The third-order valence-corrected chi connectivity index (χ3v) is 5.31. The standard InChI is InChI=1S/C19H21N7O/c27-17-7-13(14-9-22-23-10-14)8-21-19(17)15-3-4-18(25-24-15)26-6-5-20-16(11-26)12-1-2-12/h3-4,7-10,12,16,20,27H,1-2,5-6,11H2,(H,22,23). The maximum absolute atomic E-state index is 10.4. The van der Waals surface area contributed by atoms with Gasteiger partial charge in [-0.3, -0.25) is 5.10 Å². The van der Waals surface area contributed by atoms with Crippen molar-refractivity contribution in [3.05, 3.63) is 36.8 Å². The molecule has 3 N–H and O–H groups in total. The number of pyridine rings is 1. The first-order chi connectivity index (χ1) is 13.3. The topological polar surface area (TPSA) is 103 Å². The number of rotatable bonds is 4. The van der Waals surface area contributed by atoms with E-state index in [0.717, 1.165) is 42.5 Å². The number of piperazine rings is 1. The molecule has 1 saturated carbocycles. The number of hydrogen-bond acceptors (Lipinski definition) is 7. The maximum atomic E-state index is 10.4. The van der Waals surface area contributed by atoms with Gasteiger partial charge < -0.3 is 15.3 Å². The van der Waals surface area contributed by atoms with Crippen LogP contribution in [0, 0.1) is 5.92 Å². The molecule has 1 saturated heterocycles. The molecule has 1 aliphatic carbocycles. The number of anilines is 1. The first-order valence-electron chi connectivity index (χ1n) is 9.28. The van der Waals surface area contributed by atoms with E-state index in [2.05, 4.69) is 35.6 Å². The molecule has 138 valence electrons. The fourth-order valence-electron chi connectivity index (χ4n) is 3.64. The molecule has 0 bridgehead atoms. The van der Waals surface area contributed by atoms with Crippen molar-refractivity contribution in [3.63, 3.8) is 0 Å². The van der Waals surface area contributed by atoms with E-state index in [4.69, 9.17) is 0 Å². The Morgan fingerprint density at radius 3 is 2.74 bits per heavy atom. The zero-order valence-electron chi connectivity index (χ0n) is 14.8. The zero-order valence-corrected chi connectivity index (χ0v) is 14.8. The van der Waals surface area contributed by atoms with Crippen LogP contribution in [-0.2, 0) is 0 Å². The molecular weight excluding hydrogens is 342 g/mol. The molecular formula is C19H21N7O. The number of hydrogen-bond donors (Lipinski definition) is 3. The molecule has 8 heteroatoms. The predicted molar refractivity (Wildman–Crippen MR) is 101 cm³/mol. The van der Waals surface area contributed by atoms with Gasteiger partial charge in [0.2, 0.25) is 0 Å². The van der Waals surface area contributed by atoms with Crippen molar-refractivity contribution in [1.29, 1.82) is 0 Å². The second-order valence-electron chi connectivity index (χ2n) is 7.20. The normalized spacial score (nSPS) is 20.0. The van der Waals surface area contributed by atoms with E-state index in [1.165, 1.54) is 12.8 Å². The van der Waals surface area contributed by atoms with Crippen molar-refractivity contribution < 1.29 is 5.11 Å². The third kappa shape index (κ3) is 3.23. The minimum absolute atomic E-state index is 0.0757. The largest absolute Gasteiger partial charge is 0.506 e. The molecule has 2 aliphatic rings. The van der Waals surface area contributed by atoms with Crippen LogP contribution in [0.15, 0.2) is 36.8 Å². The zero-order chi connectivity index (χ0) is 18.2. The molecule has 2 fully saturated rings. The van der Waals surface area contributed by atoms with Gasteiger partial charge in [0.25, 0.3) is 0 Å². The molecule has 1 atom stereocenters. The maximum Gasteiger partial charge on any atom is 0.151 e. The monoisotopic (exact) mass is 363 g/mol. The van der Waals surface area contributed by atoms with E-state index in [-0.39, 0.29) is 5.75 Å². The van der Waals surface area contributed by atoms with Crippen molar-refractivity contribution in [2.45, 2.75) is 18.9 Å². The molecule has 1 unspecified atom stereocenters. The Morgan fingerprint density at radius 1 is 1.11 bits per heavy atom. The molecule has 3 aromatic heterocycles. The molecule has 4 heterocycles. The van der Waals surface area contributed by atoms with E-state index in [1.54, 1.807) is 24.7 Å². The van der Waals surface area contributed by atoms with Crippen LogP contribution in [0.3, 0.4) is 0 Å². The smallest absolute Gasteiger partial charge is 0.151 e. The van der Waals surface area contributed by atoms with Crippen LogP contribution in [0.4, 0.5) is 5.82 Å². The summed E-state index contributed by atoms with van der Waals surface area (Å²) in [6, 6.07) is 6.05. The third-order valence-electron chi connectivity index (χ3n) is 5.31. The second-order valence-corrected chi connectivity index (χ2v) is 7.20. The lowest BCUT2D eigenvalue weighted by molar-refractivity contribution is 0.416. The Hall–Kier alpha value is -3.00. The minimum Gasteiger partial charge on any atom is -0.506 e. The van der Waals surface area contributed by atoms with E-state index >= 15 is 0 Å². The summed E-state index contributed by atoms with van der Waals surface area (Å²) in [4.78, 5) is 6.66. The first-order valence-corrected chi connectivity index (χ1v) is 9.28. The van der Waals surface area contributed by atoms with Gasteiger partial charge in [0.1, 0.15) is 17.1 Å². The van der Waals surface area contributed by atoms with Crippen molar-refractivity contribution in [3.8, 4) is 28.3 Å². The van der Waals surface area contributed by atoms with E-state index < -0.39 is 0 Å². The highest BCUT2D eigenvalue weighted by molar-refractivity contribution is 5.69. The lowest BCUT2D eigenvalue weighted by Crippen LogP contribution is -2.52. The summed E-state index contributed by atoms with van der Waals surface area (Å²) in [6.07, 6.45) is 7.80. The van der Waals surface area contributed by atoms with Crippen LogP contribution in [0.2, 0.25) is 0 Å². The van der Waals surface area contributed by atoms with Gasteiger partial charge in [-0.15, -0.1) is 10.2 Å². The lowest BCUT2D eigenvalue weighted by atomic mass is 10.1. The summed E-state index contributed by atoms with van der Waals surface area (Å²) in [5.41, 5.74) is 2.65. The highest BCUT2D eigenvalue weighted by Crippen LogP contribution is 2.34. The van der Waals surface area contributed by atoms with Crippen molar-refractivity contribution in [2.24, 2.45) is 5.92 Å². The molecule has 0 spiro atoms. The Morgan fingerprint density at radius 2 is 2.04 bits per heavy atom. The van der Waals surface area contributed by atoms with Crippen LogP contribution in [0.1, 0.15) is 12.8 Å². The number of aromatic amines is 1. The fraction of sp³-hybridized carbons (Fsp3) is 0.368. The number of nitrogens with one attached hydrogen (secondary N) is 2. The van der Waals surface area contributed by atoms with Gasteiger partial charge in [0, 0.05) is 49.2 Å². The SMILES string of the molecule is Oc1cc(-c2cn[nH]c2)cnc1-c1ccc(N2CCNC(C3CC3)C2)nn1. The van der Waals surface area contributed by atoms with Crippen LogP contribution < -0.4 is 10.2 Å². The molecule has 8 nitrogen and oxygen atoms in total. The lowest BCUT2D eigenvalue weighted by Gasteiger charge is -2.34. The summed E-state index contributed by atoms with van der Waals surface area (Å²) in [5, 5.41) is 29.4. The molecule has 0 amide bonds. The fourth-order valence-corrected chi connectivity index (χ4v) is 3.64. The predicted octanol–water partition coefficient (Wildman–Crippen LogP) is 1.82. The summed E-state index contributed by atoms with van der Waals surface area (Å²) >= 11 is 0. The Bertz CT molecular complexity index is 922. The van der Waals surface area contributed by atoms with Crippen LogP contribution in [-0.4, -0.2) is 56.2 Å². The molecule has 27 heavy (non-hydrogen) atoms. The number of aromatic hydroxyl groups is 1. The summed E-state index contributed by atoms with van der Waals surface area (Å²) in [5.74, 6) is 1.77. The highest BCUT2D eigenvalue weighted by Gasteiger charge is 2.34. The average molecular weight is 363 g/mol. The van der Waals surface area contributed by atoms with Crippen LogP contribution in [0.5, 0.6) is 5.75 Å². The number of H-pyrrole nitrogens is 1. The van der Waals surface area contributed by atoms with Crippen LogP contribution >= 0.6 is 0 Å². The molecule has 3 aromatic rings. The Kier molecular flexibility index (Phi) is 3.97. The molecule has 1 aliphatic heterocycles. The minimum atomic E-state index is 0.0757. The van der Waals surface area contributed by atoms with Gasteiger partial charge in [0.05, 0.1) is 6.20 Å². The quantitative estimate of drug-likeness (QED) is 0.650. The van der Waals surface area contributed by atoms with Gasteiger partial charge in [-0.05, 0) is 37.0 Å². The molecule has 0 radical (unpaired) electrons. The van der Waals surface area contributed by atoms with Gasteiger partial charge in [0.15, 0.2) is 5.82 Å². The molecule has 0 aromatic carbocycles. The number of aromatic nitrogens is 5. The van der Waals surface area contributed by atoms with Crippen molar-refractivity contribution >= 4 is 5.82 Å². The van der Waals surface area contributed by atoms with Gasteiger partial charge in [-0.2, -0.15) is 5.10 Å². The Balaban J connectivity index is 1.35. The summed E-state index contributed by atoms with van der Waals surface area (Å²) < 4.78 is 0. The van der Waals surface area contributed by atoms with Gasteiger partial charge in [-0.25, -0.2) is 4.98 Å². The summed E-state index contributed by atoms with van der Waals surface area (Å²) in [6.45, 7) is 2.88. The molecule has 5 rings (SSSR count). The van der Waals surface area contributed by atoms with E-state index in [1.807, 2.05) is 12.1 Å². The van der Waals surface area contributed by atoms with Crippen molar-refractivity contribution in [1.82, 2.24) is 30.7 Å². The van der Waals surface area contributed by atoms with Gasteiger partial charge >= 0.3 is 0 Å². The van der Waals surface area contributed by atoms with E-state index in [9.17, 15) is 5.11 Å². The second kappa shape index (κ2) is 6.62. The summed E-state index contributed by atoms with van der Waals surface area (Å²) in [7, 11) is 0. The van der Waals surface area contributed by atoms with Gasteiger partial charge in [-0.1, -0.05) is 0 Å². The highest BCUT2D eigenvalue weighted by atomic mass is 16.3. The van der Waals surface area contributed by atoms with Crippen molar-refractivity contribution in [2.75, 3.05) is 24.5 Å². The average Bonchev–Trinajstić information content (AvgIpc) is 3.42.